The second-order valence-electron chi connectivity index (χ2n) is 8.57. The van der Waals surface area contributed by atoms with Crippen LogP contribution in [0.3, 0.4) is 0 Å². The minimum atomic E-state index is 0. The van der Waals surface area contributed by atoms with E-state index < -0.39 is 0 Å². The number of piperidine rings is 1. The van der Waals surface area contributed by atoms with Crippen LogP contribution >= 0.6 is 24.0 Å². The molecule has 1 aromatic carbocycles. The zero-order valence-electron chi connectivity index (χ0n) is 20.5. The molecule has 184 valence electrons. The Morgan fingerprint density at radius 1 is 1.15 bits per heavy atom. The summed E-state index contributed by atoms with van der Waals surface area (Å²) in [6.07, 6.45) is 6.04. The number of aliphatic imine (C=N–C) groups is 1. The van der Waals surface area contributed by atoms with Gasteiger partial charge in [0.25, 0.3) is 0 Å². The Morgan fingerprint density at radius 3 is 2.58 bits per heavy atom. The van der Waals surface area contributed by atoms with E-state index in [1.165, 1.54) is 31.4 Å². The van der Waals surface area contributed by atoms with Gasteiger partial charge in [-0.1, -0.05) is 18.6 Å². The number of likely N-dealkylation sites (tertiary alicyclic amines) is 1. The van der Waals surface area contributed by atoms with Crippen molar-refractivity contribution in [3.63, 3.8) is 0 Å². The predicted molar refractivity (Wildman–Crippen MR) is 145 cm³/mol. The molecule has 8 nitrogen and oxygen atoms in total. The first-order chi connectivity index (χ1) is 15.6. The summed E-state index contributed by atoms with van der Waals surface area (Å²) in [5, 5.41) is 15.3. The van der Waals surface area contributed by atoms with Crippen molar-refractivity contribution in [1.82, 2.24) is 30.3 Å². The molecule has 9 heteroatoms. The summed E-state index contributed by atoms with van der Waals surface area (Å²) in [6.45, 7) is 8.87. The van der Waals surface area contributed by atoms with E-state index in [-0.39, 0.29) is 24.0 Å². The standard InChI is InChI=1S/C24H39N7O.HI/c1-19-8-5-6-16-31(19)17-7-14-25-24(27-18-23-29-28-20(2)30(23)3)26-15-13-21-9-11-22(32-4)12-10-21;/h9-12,19H,5-8,13-18H2,1-4H3,(H2,25,26,27);1H. The van der Waals surface area contributed by atoms with Crippen molar-refractivity contribution in [3.8, 4) is 5.75 Å². The van der Waals surface area contributed by atoms with Crippen LogP contribution in [0.15, 0.2) is 29.3 Å². The molecule has 0 radical (unpaired) electrons. The van der Waals surface area contributed by atoms with Crippen LogP contribution in [0.4, 0.5) is 0 Å². The van der Waals surface area contributed by atoms with Crippen LogP contribution in [0.25, 0.3) is 0 Å². The number of hydrogen-bond donors (Lipinski definition) is 2. The maximum absolute atomic E-state index is 5.24. The van der Waals surface area contributed by atoms with E-state index in [9.17, 15) is 0 Å². The van der Waals surface area contributed by atoms with Gasteiger partial charge in [0.05, 0.1) is 7.11 Å². The van der Waals surface area contributed by atoms with Crippen molar-refractivity contribution < 1.29 is 4.74 Å². The van der Waals surface area contributed by atoms with E-state index in [4.69, 9.17) is 9.73 Å². The Labute approximate surface area is 215 Å². The predicted octanol–water partition coefficient (Wildman–Crippen LogP) is 3.29. The quantitative estimate of drug-likeness (QED) is 0.198. The van der Waals surface area contributed by atoms with E-state index in [1.807, 2.05) is 30.7 Å². The molecule has 1 aliphatic rings. The molecule has 1 atom stereocenters. The number of hydrogen-bond acceptors (Lipinski definition) is 5. The molecule has 1 fully saturated rings. The zero-order chi connectivity index (χ0) is 22.8. The number of nitrogens with zero attached hydrogens (tertiary/aromatic N) is 5. The van der Waals surface area contributed by atoms with Crippen molar-refractivity contribution in [1.29, 1.82) is 0 Å². The summed E-state index contributed by atoms with van der Waals surface area (Å²) in [5.41, 5.74) is 1.26. The monoisotopic (exact) mass is 569 g/mol. The van der Waals surface area contributed by atoms with E-state index in [2.05, 4.69) is 44.8 Å². The van der Waals surface area contributed by atoms with Gasteiger partial charge >= 0.3 is 0 Å². The van der Waals surface area contributed by atoms with E-state index in [1.54, 1.807) is 7.11 Å². The van der Waals surface area contributed by atoms with E-state index >= 15 is 0 Å². The highest BCUT2D eigenvalue weighted by molar-refractivity contribution is 14.0. The lowest BCUT2D eigenvalue weighted by Gasteiger charge is -2.33. The normalized spacial score (nSPS) is 16.8. The topological polar surface area (TPSA) is 79.6 Å². The molecule has 33 heavy (non-hydrogen) atoms. The third-order valence-electron chi connectivity index (χ3n) is 6.28. The second kappa shape index (κ2) is 14.4. The number of aryl methyl sites for hydroxylation is 1. The first-order valence-electron chi connectivity index (χ1n) is 11.8. The average molecular weight is 570 g/mol. The Hall–Kier alpha value is -1.88. The van der Waals surface area contributed by atoms with Gasteiger partial charge in [0.2, 0.25) is 0 Å². The summed E-state index contributed by atoms with van der Waals surface area (Å²) in [7, 11) is 3.67. The first kappa shape index (κ1) is 27.4. The van der Waals surface area contributed by atoms with Gasteiger partial charge in [0.1, 0.15) is 18.1 Å². The van der Waals surface area contributed by atoms with Crippen LogP contribution in [0.5, 0.6) is 5.75 Å². The molecule has 2 N–H and O–H groups in total. The van der Waals surface area contributed by atoms with Crippen molar-refractivity contribution in [2.75, 3.05) is 33.3 Å². The summed E-state index contributed by atoms with van der Waals surface area (Å²) in [5.74, 6) is 3.47. The molecular weight excluding hydrogens is 529 g/mol. The van der Waals surface area contributed by atoms with E-state index in [0.29, 0.717) is 12.6 Å². The number of rotatable bonds is 10. The lowest BCUT2D eigenvalue weighted by molar-refractivity contribution is 0.159. The molecule has 0 bridgehead atoms. The fourth-order valence-electron chi connectivity index (χ4n) is 4.01. The number of halogens is 1. The first-order valence-corrected chi connectivity index (χ1v) is 11.8. The Balaban J connectivity index is 0.00000385. The number of benzene rings is 1. The minimum Gasteiger partial charge on any atom is -0.497 e. The molecule has 0 saturated carbocycles. The van der Waals surface area contributed by atoms with Crippen LogP contribution in [0, 0.1) is 6.92 Å². The van der Waals surface area contributed by atoms with Crippen LogP contribution in [0.1, 0.15) is 49.8 Å². The van der Waals surface area contributed by atoms with Gasteiger partial charge in [0, 0.05) is 32.7 Å². The van der Waals surface area contributed by atoms with Crippen molar-refractivity contribution >= 4 is 29.9 Å². The highest BCUT2D eigenvalue weighted by Crippen LogP contribution is 2.16. The smallest absolute Gasteiger partial charge is 0.191 e. The molecule has 3 rings (SSSR count). The number of ether oxygens (including phenoxy) is 1. The van der Waals surface area contributed by atoms with Gasteiger partial charge in [-0.2, -0.15) is 0 Å². The fraction of sp³-hybridized carbons (Fsp3) is 0.625. The van der Waals surface area contributed by atoms with E-state index in [0.717, 1.165) is 55.8 Å². The highest BCUT2D eigenvalue weighted by Gasteiger charge is 2.17. The molecule has 0 spiro atoms. The minimum absolute atomic E-state index is 0. The molecule has 1 saturated heterocycles. The molecule has 1 unspecified atom stereocenters. The summed E-state index contributed by atoms with van der Waals surface area (Å²) in [6, 6.07) is 8.92. The van der Waals surface area contributed by atoms with Gasteiger partial charge in [-0.15, -0.1) is 34.2 Å². The lowest BCUT2D eigenvalue weighted by Crippen LogP contribution is -2.42. The SMILES string of the molecule is COc1ccc(CCNC(=NCc2nnc(C)n2C)NCCCN2CCCCC2C)cc1.I. The van der Waals surface area contributed by atoms with Crippen LogP contribution in [0.2, 0.25) is 0 Å². The number of methoxy groups -OCH3 is 1. The third-order valence-corrected chi connectivity index (χ3v) is 6.28. The van der Waals surface area contributed by atoms with Crippen LogP contribution < -0.4 is 15.4 Å². The van der Waals surface area contributed by atoms with Crippen molar-refractivity contribution in [3.05, 3.63) is 41.5 Å². The molecule has 1 aliphatic heterocycles. The molecule has 0 amide bonds. The lowest BCUT2D eigenvalue weighted by atomic mass is 10.0. The van der Waals surface area contributed by atoms with Crippen LogP contribution in [-0.2, 0) is 20.0 Å². The van der Waals surface area contributed by atoms with Crippen molar-refractivity contribution in [2.24, 2.45) is 12.0 Å². The van der Waals surface area contributed by atoms with Crippen molar-refractivity contribution in [2.45, 2.75) is 58.5 Å². The van der Waals surface area contributed by atoms with Crippen LogP contribution in [-0.4, -0.2) is 65.0 Å². The van der Waals surface area contributed by atoms with Gasteiger partial charge in [-0.3, -0.25) is 0 Å². The summed E-state index contributed by atoms with van der Waals surface area (Å²) >= 11 is 0. The molecule has 1 aromatic heterocycles. The maximum atomic E-state index is 5.24. The fourth-order valence-corrected chi connectivity index (χ4v) is 4.01. The van der Waals surface area contributed by atoms with Gasteiger partial charge in [-0.05, 0) is 63.8 Å². The molecule has 2 aromatic rings. The van der Waals surface area contributed by atoms with Gasteiger partial charge < -0.3 is 24.8 Å². The number of aromatic nitrogens is 3. The number of guanidine groups is 1. The second-order valence-corrected chi connectivity index (χ2v) is 8.57. The highest BCUT2D eigenvalue weighted by atomic mass is 127. The largest absolute Gasteiger partial charge is 0.497 e. The summed E-state index contributed by atoms with van der Waals surface area (Å²) in [4.78, 5) is 7.38. The molecule has 2 heterocycles. The summed E-state index contributed by atoms with van der Waals surface area (Å²) < 4.78 is 7.22. The van der Waals surface area contributed by atoms with Gasteiger partial charge in [-0.25, -0.2) is 4.99 Å². The Kier molecular flexibility index (Phi) is 11.9. The maximum Gasteiger partial charge on any atom is 0.191 e. The number of nitrogens with one attached hydrogen (secondary N) is 2. The molecule has 0 aliphatic carbocycles. The van der Waals surface area contributed by atoms with Gasteiger partial charge in [0.15, 0.2) is 11.8 Å². The Morgan fingerprint density at radius 2 is 1.91 bits per heavy atom. The molecular formula is C24H40IN7O. The third kappa shape index (κ3) is 8.77. The average Bonchev–Trinajstić information content (AvgIpc) is 3.13. The Bertz CT molecular complexity index is 853. The zero-order valence-corrected chi connectivity index (χ0v) is 22.8.